The second kappa shape index (κ2) is 8.04. The molecule has 0 unspecified atom stereocenters. The number of anilines is 1. The Morgan fingerprint density at radius 3 is 2.17 bits per heavy atom. The molecule has 3 aromatic rings. The first kappa shape index (κ1) is 19.1. The number of nitrogens with one attached hydrogen (secondary N) is 1. The van der Waals surface area contributed by atoms with Crippen LogP contribution in [0.25, 0.3) is 11.1 Å². The van der Waals surface area contributed by atoms with E-state index in [9.17, 15) is 14.9 Å². The van der Waals surface area contributed by atoms with Crippen LogP contribution >= 0.6 is 0 Å². The summed E-state index contributed by atoms with van der Waals surface area (Å²) in [6, 6.07) is 19.7. The van der Waals surface area contributed by atoms with E-state index >= 15 is 0 Å². The number of methoxy groups -OCH3 is 1. The number of nitro benzene ring substituents is 1. The predicted octanol–water partition coefficient (Wildman–Crippen LogP) is 3.99. The van der Waals surface area contributed by atoms with Crippen molar-refractivity contribution in [3.8, 4) is 16.9 Å². The van der Waals surface area contributed by atoms with Crippen molar-refractivity contribution in [3.63, 3.8) is 0 Å². The number of nitrogens with zero attached hydrogens (tertiary/aromatic N) is 2. The Morgan fingerprint density at radius 2 is 1.60 bits per heavy atom. The number of benzene rings is 3. The Kier molecular flexibility index (Phi) is 5.13. The van der Waals surface area contributed by atoms with Crippen LogP contribution in [-0.4, -0.2) is 30.3 Å². The summed E-state index contributed by atoms with van der Waals surface area (Å²) in [4.78, 5) is 27.9. The van der Waals surface area contributed by atoms with Crippen molar-refractivity contribution < 1.29 is 19.3 Å². The zero-order chi connectivity index (χ0) is 21.1. The van der Waals surface area contributed by atoms with Crippen molar-refractivity contribution in [2.45, 2.75) is 0 Å². The first-order valence-electron chi connectivity index (χ1n) is 9.10. The molecule has 1 amide bonds. The van der Waals surface area contributed by atoms with Gasteiger partial charge in [-0.05, 0) is 17.2 Å². The quantitative estimate of drug-likeness (QED) is 0.387. The molecule has 0 radical (unpaired) electrons. The molecule has 0 fully saturated rings. The van der Waals surface area contributed by atoms with Crippen LogP contribution in [0.15, 0.2) is 71.9 Å². The summed E-state index contributed by atoms with van der Waals surface area (Å²) in [5.74, 6) is -0.284. The average Bonchev–Trinajstić information content (AvgIpc) is 3.08. The van der Waals surface area contributed by atoms with Gasteiger partial charge in [0.05, 0.1) is 23.8 Å². The van der Waals surface area contributed by atoms with Crippen LogP contribution in [0.3, 0.4) is 0 Å². The molecule has 8 nitrogen and oxygen atoms in total. The monoisotopic (exact) mass is 403 g/mol. The van der Waals surface area contributed by atoms with Crippen LogP contribution in [0.5, 0.6) is 5.75 Å². The molecule has 3 aromatic carbocycles. The molecule has 0 atom stereocenters. The Balaban J connectivity index is 1.48. The third-order valence-electron chi connectivity index (χ3n) is 4.68. The minimum absolute atomic E-state index is 0.133. The van der Waals surface area contributed by atoms with E-state index in [-0.39, 0.29) is 18.0 Å². The van der Waals surface area contributed by atoms with Crippen LogP contribution in [0.1, 0.15) is 11.1 Å². The zero-order valence-corrected chi connectivity index (χ0v) is 16.0. The molecule has 0 heterocycles. The van der Waals surface area contributed by atoms with Crippen LogP contribution in [-0.2, 0) is 9.63 Å². The molecule has 0 saturated carbocycles. The number of amides is 1. The lowest BCUT2D eigenvalue weighted by molar-refractivity contribution is -0.384. The maximum Gasteiger partial charge on any atom is 0.273 e. The van der Waals surface area contributed by atoms with E-state index in [1.54, 1.807) is 0 Å². The normalized spacial score (nSPS) is 11.3. The number of carbonyl (C=O) groups excluding carboxylic acids is 1. The van der Waals surface area contributed by atoms with Crippen molar-refractivity contribution in [2.24, 2.45) is 5.16 Å². The third-order valence-corrected chi connectivity index (χ3v) is 4.68. The number of fused-ring (bicyclic) bond motifs is 3. The Hall–Kier alpha value is -4.20. The number of oxime groups is 1. The minimum atomic E-state index is -0.537. The van der Waals surface area contributed by atoms with Gasteiger partial charge in [-0.1, -0.05) is 53.7 Å². The maximum absolute atomic E-state index is 12.3. The highest BCUT2D eigenvalue weighted by molar-refractivity contribution is 6.24. The molecular formula is C22H17N3O5. The van der Waals surface area contributed by atoms with Gasteiger partial charge in [0.2, 0.25) is 0 Å². The highest BCUT2D eigenvalue weighted by atomic mass is 16.6. The summed E-state index contributed by atoms with van der Waals surface area (Å²) in [6.45, 7) is -0.325. The van der Waals surface area contributed by atoms with Gasteiger partial charge < -0.3 is 14.9 Å². The summed E-state index contributed by atoms with van der Waals surface area (Å²) in [6.07, 6.45) is 0. The predicted molar refractivity (Wildman–Crippen MR) is 112 cm³/mol. The second-order valence-corrected chi connectivity index (χ2v) is 6.49. The van der Waals surface area contributed by atoms with Crippen LogP contribution in [0.2, 0.25) is 0 Å². The zero-order valence-electron chi connectivity index (χ0n) is 16.0. The van der Waals surface area contributed by atoms with Gasteiger partial charge in [0.15, 0.2) is 6.61 Å². The molecule has 4 rings (SSSR count). The highest BCUT2D eigenvalue weighted by Gasteiger charge is 2.24. The molecule has 0 spiro atoms. The van der Waals surface area contributed by atoms with E-state index < -0.39 is 10.8 Å². The Morgan fingerprint density at radius 1 is 1.00 bits per heavy atom. The first-order valence-corrected chi connectivity index (χ1v) is 9.10. The maximum atomic E-state index is 12.3. The lowest BCUT2D eigenvalue weighted by Gasteiger charge is -2.09. The lowest BCUT2D eigenvalue weighted by Crippen LogP contribution is -2.18. The molecule has 1 aliphatic rings. The van der Waals surface area contributed by atoms with Crippen LogP contribution < -0.4 is 10.1 Å². The third kappa shape index (κ3) is 3.58. The molecule has 1 N–H and O–H groups in total. The first-order chi connectivity index (χ1) is 14.6. The second-order valence-electron chi connectivity index (χ2n) is 6.49. The lowest BCUT2D eigenvalue weighted by atomic mass is 10.1. The standard InChI is InChI=1S/C22H17N3O5/c1-29-20-12-14(25(27)28)10-11-19(20)23-21(26)13-30-24-22-17-8-4-2-6-15(17)16-7-3-5-9-18(16)22/h2-12H,13H2,1H3,(H,23,26). The van der Waals surface area contributed by atoms with E-state index in [0.29, 0.717) is 11.4 Å². The molecule has 0 aromatic heterocycles. The highest BCUT2D eigenvalue weighted by Crippen LogP contribution is 2.36. The van der Waals surface area contributed by atoms with E-state index in [0.717, 1.165) is 22.3 Å². The van der Waals surface area contributed by atoms with E-state index in [1.165, 1.54) is 25.3 Å². The van der Waals surface area contributed by atoms with Gasteiger partial charge >= 0.3 is 0 Å². The molecule has 0 bridgehead atoms. The molecular weight excluding hydrogens is 386 g/mol. The number of non-ortho nitro benzene ring substituents is 1. The number of carbonyl (C=O) groups is 1. The fraction of sp³-hybridized carbons (Fsp3) is 0.0909. The number of hydrogen-bond acceptors (Lipinski definition) is 6. The smallest absolute Gasteiger partial charge is 0.273 e. The summed E-state index contributed by atoms with van der Waals surface area (Å²) < 4.78 is 5.11. The molecule has 150 valence electrons. The molecule has 8 heteroatoms. The van der Waals surface area contributed by atoms with E-state index in [4.69, 9.17) is 9.57 Å². The van der Waals surface area contributed by atoms with Gasteiger partial charge in [-0.25, -0.2) is 0 Å². The molecule has 1 aliphatic carbocycles. The van der Waals surface area contributed by atoms with Gasteiger partial charge in [-0.15, -0.1) is 0 Å². The van der Waals surface area contributed by atoms with Crippen molar-refractivity contribution in [1.82, 2.24) is 0 Å². The van der Waals surface area contributed by atoms with Crippen molar-refractivity contribution >= 4 is 23.0 Å². The Bertz CT molecular complexity index is 1130. The summed E-state index contributed by atoms with van der Waals surface area (Å²) in [7, 11) is 1.37. The number of hydrogen-bond donors (Lipinski definition) is 1. The minimum Gasteiger partial charge on any atom is -0.494 e. The number of nitro groups is 1. The summed E-state index contributed by atoms with van der Waals surface area (Å²) >= 11 is 0. The Labute approximate surface area is 171 Å². The largest absolute Gasteiger partial charge is 0.494 e. The fourth-order valence-corrected chi connectivity index (χ4v) is 3.33. The summed E-state index contributed by atoms with van der Waals surface area (Å²) in [5.41, 5.74) is 4.85. The number of rotatable bonds is 6. The fourth-order valence-electron chi connectivity index (χ4n) is 3.33. The number of ether oxygens (including phenoxy) is 1. The SMILES string of the molecule is COc1cc([N+](=O)[O-])ccc1NC(=O)CON=C1c2ccccc2-c2ccccc21. The topological polar surface area (TPSA) is 103 Å². The van der Waals surface area contributed by atoms with Crippen molar-refractivity contribution in [1.29, 1.82) is 0 Å². The van der Waals surface area contributed by atoms with Gasteiger partial charge in [-0.2, -0.15) is 0 Å². The van der Waals surface area contributed by atoms with E-state index in [1.807, 2.05) is 48.5 Å². The van der Waals surface area contributed by atoms with E-state index in [2.05, 4.69) is 10.5 Å². The van der Waals surface area contributed by atoms with Gasteiger partial charge in [0, 0.05) is 17.2 Å². The summed E-state index contributed by atoms with van der Waals surface area (Å²) in [5, 5.41) is 17.7. The molecule has 30 heavy (non-hydrogen) atoms. The molecule has 0 aliphatic heterocycles. The average molecular weight is 403 g/mol. The van der Waals surface area contributed by atoms with Gasteiger partial charge in [0.1, 0.15) is 11.5 Å². The van der Waals surface area contributed by atoms with Crippen molar-refractivity contribution in [3.05, 3.63) is 88.0 Å². The van der Waals surface area contributed by atoms with Crippen molar-refractivity contribution in [2.75, 3.05) is 19.0 Å². The van der Waals surface area contributed by atoms with Gasteiger partial charge in [-0.3, -0.25) is 14.9 Å². The molecule has 0 saturated heterocycles. The van der Waals surface area contributed by atoms with Gasteiger partial charge in [0.25, 0.3) is 11.6 Å². The van der Waals surface area contributed by atoms with Crippen LogP contribution in [0, 0.1) is 10.1 Å². The van der Waals surface area contributed by atoms with Crippen LogP contribution in [0.4, 0.5) is 11.4 Å².